The summed E-state index contributed by atoms with van der Waals surface area (Å²) in [5, 5.41) is 8.81. The molecule has 2 rings (SSSR count). The lowest BCUT2D eigenvalue weighted by molar-refractivity contribution is 0.0464. The lowest BCUT2D eigenvalue weighted by atomic mass is 10.2. The van der Waals surface area contributed by atoms with Crippen LogP contribution in [0.1, 0.15) is 16.1 Å². The summed E-state index contributed by atoms with van der Waals surface area (Å²) in [6.45, 7) is -0.724. The molecule has 1 heterocycles. The van der Waals surface area contributed by atoms with Crippen LogP contribution in [0, 0.1) is 0 Å². The molecule has 0 fully saturated rings. The highest BCUT2D eigenvalue weighted by Crippen LogP contribution is 2.02. The zero-order chi connectivity index (χ0) is 14.5. The largest absolute Gasteiger partial charge is 0.456 e. The number of aliphatic hydroxyl groups excluding tert-OH is 1. The summed E-state index contributed by atoms with van der Waals surface area (Å²) in [5.74, 6) is -0.812. The Morgan fingerprint density at radius 2 is 1.95 bits per heavy atom. The predicted molar refractivity (Wildman–Crippen MR) is 69.1 cm³/mol. The van der Waals surface area contributed by atoms with Crippen molar-refractivity contribution in [1.29, 1.82) is 0 Å². The van der Waals surface area contributed by atoms with Gasteiger partial charge in [0.1, 0.15) is 19.0 Å². The Labute approximate surface area is 113 Å². The number of ether oxygens (including phenoxy) is 1. The Morgan fingerprint density at radius 1 is 1.25 bits per heavy atom. The van der Waals surface area contributed by atoms with E-state index in [9.17, 15) is 14.4 Å². The smallest absolute Gasteiger partial charge is 0.355 e. The number of nitrogens with zero attached hydrogens (tertiary/aromatic N) is 1. The molecule has 0 bridgehead atoms. The number of aromatic amines is 1. The summed E-state index contributed by atoms with van der Waals surface area (Å²) in [7, 11) is 0. The minimum absolute atomic E-state index is 0.0325. The summed E-state index contributed by atoms with van der Waals surface area (Å²) < 4.78 is 5.53. The SMILES string of the molecule is O=C(OCc1ccccc1)c1cc(=O)n(CO)c(=O)[nH]1. The van der Waals surface area contributed by atoms with Crippen LogP contribution in [0.2, 0.25) is 0 Å². The van der Waals surface area contributed by atoms with Gasteiger partial charge in [0.05, 0.1) is 0 Å². The third-order valence-corrected chi connectivity index (χ3v) is 2.59. The molecular formula is C13H12N2O5. The summed E-state index contributed by atoms with van der Waals surface area (Å²) in [6.07, 6.45) is 0. The van der Waals surface area contributed by atoms with Crippen molar-refractivity contribution in [3.8, 4) is 0 Å². The van der Waals surface area contributed by atoms with Gasteiger partial charge in [-0.3, -0.25) is 4.79 Å². The fourth-order valence-corrected chi connectivity index (χ4v) is 1.56. The van der Waals surface area contributed by atoms with Crippen LogP contribution in [0.15, 0.2) is 46.0 Å². The Bertz CT molecular complexity index is 686. The zero-order valence-corrected chi connectivity index (χ0v) is 10.4. The van der Waals surface area contributed by atoms with E-state index in [4.69, 9.17) is 9.84 Å². The topological polar surface area (TPSA) is 101 Å². The first-order chi connectivity index (χ1) is 9.61. The van der Waals surface area contributed by atoms with E-state index in [-0.39, 0.29) is 12.3 Å². The molecule has 104 valence electrons. The van der Waals surface area contributed by atoms with E-state index >= 15 is 0 Å². The number of H-pyrrole nitrogens is 1. The molecule has 20 heavy (non-hydrogen) atoms. The monoisotopic (exact) mass is 276 g/mol. The number of nitrogens with one attached hydrogen (secondary N) is 1. The highest BCUT2D eigenvalue weighted by molar-refractivity contribution is 5.86. The molecule has 1 aromatic heterocycles. The van der Waals surface area contributed by atoms with Crippen LogP contribution in [-0.4, -0.2) is 20.6 Å². The van der Waals surface area contributed by atoms with Gasteiger partial charge in [-0.2, -0.15) is 0 Å². The molecule has 7 nitrogen and oxygen atoms in total. The van der Waals surface area contributed by atoms with E-state index in [1.54, 1.807) is 24.3 Å². The predicted octanol–water partition coefficient (Wildman–Crippen LogP) is -0.157. The molecule has 0 saturated heterocycles. The maximum atomic E-state index is 11.7. The molecular weight excluding hydrogens is 264 g/mol. The van der Waals surface area contributed by atoms with Crippen molar-refractivity contribution < 1.29 is 14.6 Å². The van der Waals surface area contributed by atoms with E-state index in [0.29, 0.717) is 4.57 Å². The number of hydrogen-bond donors (Lipinski definition) is 2. The highest BCUT2D eigenvalue weighted by Gasteiger charge is 2.12. The van der Waals surface area contributed by atoms with Crippen LogP contribution in [0.3, 0.4) is 0 Å². The van der Waals surface area contributed by atoms with Gasteiger partial charge in [0, 0.05) is 6.07 Å². The molecule has 0 saturated carbocycles. The Morgan fingerprint density at radius 3 is 2.55 bits per heavy atom. The molecule has 0 atom stereocenters. The van der Waals surface area contributed by atoms with E-state index in [1.807, 2.05) is 6.07 Å². The average molecular weight is 276 g/mol. The van der Waals surface area contributed by atoms with Crippen LogP contribution < -0.4 is 11.2 Å². The molecule has 1 aromatic carbocycles. The Hall–Kier alpha value is -2.67. The number of carbonyl (C=O) groups is 1. The van der Waals surface area contributed by atoms with Gasteiger partial charge in [-0.25, -0.2) is 14.2 Å². The van der Waals surface area contributed by atoms with E-state index in [2.05, 4.69) is 4.98 Å². The van der Waals surface area contributed by atoms with Gasteiger partial charge in [0.25, 0.3) is 5.56 Å². The third-order valence-electron chi connectivity index (χ3n) is 2.59. The lowest BCUT2D eigenvalue weighted by Crippen LogP contribution is -2.36. The number of hydrogen-bond acceptors (Lipinski definition) is 5. The van der Waals surface area contributed by atoms with Gasteiger partial charge >= 0.3 is 11.7 Å². The second-order valence-electron chi connectivity index (χ2n) is 3.96. The minimum Gasteiger partial charge on any atom is -0.456 e. The number of benzene rings is 1. The van der Waals surface area contributed by atoms with Gasteiger partial charge in [0.15, 0.2) is 0 Å². The molecule has 0 spiro atoms. The first-order valence-electron chi connectivity index (χ1n) is 5.78. The van der Waals surface area contributed by atoms with Crippen LogP contribution in [-0.2, 0) is 18.1 Å². The normalized spacial score (nSPS) is 10.2. The molecule has 2 N–H and O–H groups in total. The molecule has 0 aliphatic heterocycles. The zero-order valence-electron chi connectivity index (χ0n) is 10.4. The van der Waals surface area contributed by atoms with Crippen LogP contribution in [0.5, 0.6) is 0 Å². The first-order valence-corrected chi connectivity index (χ1v) is 5.78. The molecule has 0 amide bonds. The molecule has 0 aliphatic rings. The average Bonchev–Trinajstić information content (AvgIpc) is 2.45. The summed E-state index contributed by atoms with van der Waals surface area (Å²) in [6, 6.07) is 9.89. The number of aromatic nitrogens is 2. The van der Waals surface area contributed by atoms with Crippen molar-refractivity contribution in [3.05, 3.63) is 68.5 Å². The van der Waals surface area contributed by atoms with E-state index in [1.165, 1.54) is 0 Å². The standard InChI is InChI=1S/C13H12N2O5/c16-8-15-11(17)6-10(14-13(15)19)12(18)20-7-9-4-2-1-3-5-9/h1-6,16H,7-8H2,(H,14,19). The van der Waals surface area contributed by atoms with Crippen molar-refractivity contribution in [1.82, 2.24) is 9.55 Å². The van der Waals surface area contributed by atoms with Gasteiger partial charge in [-0.05, 0) is 5.56 Å². The van der Waals surface area contributed by atoms with Crippen molar-refractivity contribution in [2.75, 3.05) is 0 Å². The molecule has 0 unspecified atom stereocenters. The van der Waals surface area contributed by atoms with Crippen LogP contribution in [0.25, 0.3) is 0 Å². The van der Waals surface area contributed by atoms with Crippen LogP contribution >= 0.6 is 0 Å². The highest BCUT2D eigenvalue weighted by atomic mass is 16.5. The molecule has 2 aromatic rings. The van der Waals surface area contributed by atoms with Gasteiger partial charge in [0.2, 0.25) is 0 Å². The lowest BCUT2D eigenvalue weighted by Gasteiger charge is -2.05. The maximum Gasteiger partial charge on any atom is 0.355 e. The summed E-state index contributed by atoms with van der Waals surface area (Å²) in [5.41, 5.74) is -1.11. The van der Waals surface area contributed by atoms with Crippen molar-refractivity contribution >= 4 is 5.97 Å². The van der Waals surface area contributed by atoms with Crippen molar-refractivity contribution in [2.24, 2.45) is 0 Å². The number of esters is 1. The second kappa shape index (κ2) is 5.98. The van der Waals surface area contributed by atoms with Gasteiger partial charge in [-0.1, -0.05) is 30.3 Å². The minimum atomic E-state index is -0.869. The molecule has 0 radical (unpaired) electrons. The number of aliphatic hydroxyl groups is 1. The van der Waals surface area contributed by atoms with Crippen molar-refractivity contribution in [2.45, 2.75) is 13.3 Å². The maximum absolute atomic E-state index is 11.7. The van der Waals surface area contributed by atoms with E-state index < -0.39 is 23.9 Å². The van der Waals surface area contributed by atoms with E-state index in [0.717, 1.165) is 11.6 Å². The quantitative estimate of drug-likeness (QED) is 0.756. The molecule has 7 heteroatoms. The van der Waals surface area contributed by atoms with Crippen LogP contribution in [0.4, 0.5) is 0 Å². The Balaban J connectivity index is 2.14. The number of rotatable bonds is 4. The first kappa shape index (κ1) is 13.8. The Kier molecular flexibility index (Phi) is 4.11. The second-order valence-corrected chi connectivity index (χ2v) is 3.96. The fourth-order valence-electron chi connectivity index (χ4n) is 1.56. The number of carbonyl (C=O) groups excluding carboxylic acids is 1. The third kappa shape index (κ3) is 3.01. The van der Waals surface area contributed by atoms with Crippen molar-refractivity contribution in [3.63, 3.8) is 0 Å². The molecule has 0 aliphatic carbocycles. The van der Waals surface area contributed by atoms with Gasteiger partial charge < -0.3 is 14.8 Å². The summed E-state index contributed by atoms with van der Waals surface area (Å²) >= 11 is 0. The summed E-state index contributed by atoms with van der Waals surface area (Å²) in [4.78, 5) is 36.8. The van der Waals surface area contributed by atoms with Gasteiger partial charge in [-0.15, -0.1) is 0 Å². The fraction of sp³-hybridized carbons (Fsp3) is 0.154.